The van der Waals surface area contributed by atoms with Gasteiger partial charge in [-0.25, -0.2) is 4.37 Å². The molecule has 0 aliphatic rings. The van der Waals surface area contributed by atoms with E-state index in [9.17, 15) is 4.79 Å². The molecule has 2 nitrogen and oxygen atoms in total. The predicted molar refractivity (Wildman–Crippen MR) is 46.2 cm³/mol. The molecule has 3 heteroatoms. The van der Waals surface area contributed by atoms with E-state index in [1.807, 2.05) is 0 Å². The molecule has 0 fully saturated rings. The van der Waals surface area contributed by atoms with Gasteiger partial charge >= 0.3 is 0 Å². The third-order valence-corrected chi connectivity index (χ3v) is 2.65. The molecule has 11 heavy (non-hydrogen) atoms. The first-order chi connectivity index (χ1) is 5.05. The molecule has 0 radical (unpaired) electrons. The van der Waals surface area contributed by atoms with E-state index in [4.69, 9.17) is 0 Å². The van der Waals surface area contributed by atoms with Gasteiger partial charge in [-0.1, -0.05) is 20.8 Å². The van der Waals surface area contributed by atoms with Gasteiger partial charge in [0.25, 0.3) is 0 Å². The lowest BCUT2D eigenvalue weighted by molar-refractivity contribution is 0.112. The van der Waals surface area contributed by atoms with Crippen LogP contribution in [-0.4, -0.2) is 10.7 Å². The zero-order valence-electron chi connectivity index (χ0n) is 6.92. The summed E-state index contributed by atoms with van der Waals surface area (Å²) >= 11 is 1.40. The summed E-state index contributed by atoms with van der Waals surface area (Å²) < 4.78 is 3.97. The molecule has 0 aromatic carbocycles. The highest BCUT2D eigenvalue weighted by atomic mass is 32.1. The van der Waals surface area contributed by atoms with Crippen LogP contribution in [0.2, 0.25) is 0 Å². The van der Waals surface area contributed by atoms with Gasteiger partial charge in [0.15, 0.2) is 6.29 Å². The van der Waals surface area contributed by atoms with Gasteiger partial charge in [0.05, 0.1) is 6.20 Å². The number of aromatic nitrogens is 1. The van der Waals surface area contributed by atoms with E-state index in [0.29, 0.717) is 0 Å². The largest absolute Gasteiger partial charge is 0.298 e. The molecule has 0 saturated carbocycles. The van der Waals surface area contributed by atoms with Gasteiger partial charge in [0.1, 0.15) is 0 Å². The molecule has 1 rings (SSSR count). The van der Waals surface area contributed by atoms with Crippen LogP contribution in [0.5, 0.6) is 0 Å². The van der Waals surface area contributed by atoms with Gasteiger partial charge in [-0.3, -0.25) is 4.79 Å². The van der Waals surface area contributed by atoms with Gasteiger partial charge in [0, 0.05) is 10.4 Å². The second-order valence-electron chi connectivity index (χ2n) is 3.48. The third-order valence-electron chi connectivity index (χ3n) is 1.41. The Morgan fingerprint density at radius 1 is 1.55 bits per heavy atom. The molecule has 1 aromatic heterocycles. The molecule has 1 aromatic rings. The Labute approximate surface area is 70.4 Å². The highest BCUT2D eigenvalue weighted by molar-refractivity contribution is 7.06. The van der Waals surface area contributed by atoms with E-state index >= 15 is 0 Å². The number of rotatable bonds is 1. The highest BCUT2D eigenvalue weighted by Gasteiger charge is 2.19. The van der Waals surface area contributed by atoms with Gasteiger partial charge < -0.3 is 0 Å². The average molecular weight is 169 g/mol. The Hall–Kier alpha value is -0.700. The summed E-state index contributed by atoms with van der Waals surface area (Å²) in [7, 11) is 0. The molecule has 0 N–H and O–H groups in total. The van der Waals surface area contributed by atoms with Crippen molar-refractivity contribution in [2.75, 3.05) is 0 Å². The first kappa shape index (κ1) is 8.40. The number of carbonyl (C=O) groups excluding carboxylic acids is 1. The van der Waals surface area contributed by atoms with Crippen molar-refractivity contribution in [2.24, 2.45) is 0 Å². The summed E-state index contributed by atoms with van der Waals surface area (Å²) in [6.45, 7) is 6.23. The van der Waals surface area contributed by atoms with Crippen molar-refractivity contribution in [3.05, 3.63) is 16.6 Å². The summed E-state index contributed by atoms with van der Waals surface area (Å²) in [6.07, 6.45) is 2.49. The molecule has 0 bridgehead atoms. The zero-order chi connectivity index (χ0) is 8.48. The SMILES string of the molecule is CC(C)(C)c1sncc1C=O. The molecule has 60 valence electrons. The minimum Gasteiger partial charge on any atom is -0.298 e. The van der Waals surface area contributed by atoms with E-state index in [0.717, 1.165) is 16.7 Å². The molecular weight excluding hydrogens is 158 g/mol. The van der Waals surface area contributed by atoms with Crippen molar-refractivity contribution >= 4 is 17.8 Å². The fraction of sp³-hybridized carbons (Fsp3) is 0.500. The van der Waals surface area contributed by atoms with E-state index in [-0.39, 0.29) is 5.41 Å². The Morgan fingerprint density at radius 3 is 2.55 bits per heavy atom. The topological polar surface area (TPSA) is 30.0 Å². The van der Waals surface area contributed by atoms with Crippen molar-refractivity contribution < 1.29 is 4.79 Å². The van der Waals surface area contributed by atoms with Crippen LogP contribution in [0, 0.1) is 0 Å². The maximum atomic E-state index is 10.5. The predicted octanol–water partition coefficient (Wildman–Crippen LogP) is 2.25. The fourth-order valence-electron chi connectivity index (χ4n) is 0.901. The summed E-state index contributed by atoms with van der Waals surface area (Å²) in [5.74, 6) is 0. The average Bonchev–Trinajstić information content (AvgIpc) is 2.31. The molecule has 0 saturated heterocycles. The molecule has 0 spiro atoms. The summed E-state index contributed by atoms with van der Waals surface area (Å²) in [6, 6.07) is 0. The molecule has 0 aliphatic carbocycles. The molecule has 1 heterocycles. The smallest absolute Gasteiger partial charge is 0.152 e. The number of nitrogens with zero attached hydrogens (tertiary/aromatic N) is 1. The monoisotopic (exact) mass is 169 g/mol. The fourth-order valence-corrected chi connectivity index (χ4v) is 1.65. The maximum absolute atomic E-state index is 10.5. The van der Waals surface area contributed by atoms with Crippen molar-refractivity contribution in [3.63, 3.8) is 0 Å². The zero-order valence-corrected chi connectivity index (χ0v) is 7.73. The molecule has 0 amide bonds. The van der Waals surface area contributed by atoms with Crippen LogP contribution < -0.4 is 0 Å². The third kappa shape index (κ3) is 1.66. The summed E-state index contributed by atoms with van der Waals surface area (Å²) in [4.78, 5) is 11.6. The van der Waals surface area contributed by atoms with Crippen molar-refractivity contribution in [2.45, 2.75) is 26.2 Å². The second-order valence-corrected chi connectivity index (χ2v) is 4.28. The normalized spacial score (nSPS) is 11.5. The van der Waals surface area contributed by atoms with Crippen molar-refractivity contribution in [1.82, 2.24) is 4.37 Å². The first-order valence-electron chi connectivity index (χ1n) is 3.46. The minimum atomic E-state index is 0.0391. The van der Waals surface area contributed by atoms with Crippen LogP contribution in [0.1, 0.15) is 36.0 Å². The molecular formula is C8H11NOS. The van der Waals surface area contributed by atoms with Crippen LogP contribution in [0.4, 0.5) is 0 Å². The van der Waals surface area contributed by atoms with Crippen LogP contribution in [-0.2, 0) is 5.41 Å². The Kier molecular flexibility index (Phi) is 2.09. The number of hydrogen-bond donors (Lipinski definition) is 0. The number of aldehydes is 1. The highest BCUT2D eigenvalue weighted by Crippen LogP contribution is 2.27. The minimum absolute atomic E-state index is 0.0391. The summed E-state index contributed by atoms with van der Waals surface area (Å²) in [5.41, 5.74) is 0.764. The molecule has 0 aliphatic heterocycles. The van der Waals surface area contributed by atoms with Crippen LogP contribution in [0.25, 0.3) is 0 Å². The van der Waals surface area contributed by atoms with E-state index < -0.39 is 0 Å². The van der Waals surface area contributed by atoms with Crippen LogP contribution in [0.3, 0.4) is 0 Å². The van der Waals surface area contributed by atoms with Gasteiger partial charge in [0.2, 0.25) is 0 Å². The summed E-state index contributed by atoms with van der Waals surface area (Å²) in [5, 5.41) is 0. The van der Waals surface area contributed by atoms with Crippen LogP contribution in [0.15, 0.2) is 6.20 Å². The van der Waals surface area contributed by atoms with E-state index in [1.165, 1.54) is 11.5 Å². The maximum Gasteiger partial charge on any atom is 0.152 e. The van der Waals surface area contributed by atoms with E-state index in [2.05, 4.69) is 25.1 Å². The number of hydrogen-bond acceptors (Lipinski definition) is 3. The van der Waals surface area contributed by atoms with E-state index in [1.54, 1.807) is 6.20 Å². The molecule has 0 atom stereocenters. The van der Waals surface area contributed by atoms with Gasteiger partial charge in [-0.2, -0.15) is 0 Å². The lowest BCUT2D eigenvalue weighted by Crippen LogP contribution is -2.10. The standard InChI is InChI=1S/C8H11NOS/c1-8(2,3)7-6(5-10)4-9-11-7/h4-5H,1-3H3. The quantitative estimate of drug-likeness (QED) is 0.603. The van der Waals surface area contributed by atoms with Crippen LogP contribution >= 0.6 is 11.5 Å². The second kappa shape index (κ2) is 2.74. The lowest BCUT2D eigenvalue weighted by Gasteiger charge is -2.15. The van der Waals surface area contributed by atoms with Gasteiger partial charge in [-0.15, -0.1) is 0 Å². The molecule has 0 unspecified atom stereocenters. The lowest BCUT2D eigenvalue weighted by atomic mass is 9.92. The van der Waals surface area contributed by atoms with Crippen molar-refractivity contribution in [3.8, 4) is 0 Å². The Morgan fingerprint density at radius 2 is 2.18 bits per heavy atom. The first-order valence-corrected chi connectivity index (χ1v) is 4.23. The number of carbonyl (C=O) groups is 1. The Balaban J connectivity index is 3.12. The Bertz CT molecular complexity index is 259. The van der Waals surface area contributed by atoms with Crippen molar-refractivity contribution in [1.29, 1.82) is 0 Å². The van der Waals surface area contributed by atoms with Gasteiger partial charge in [-0.05, 0) is 16.9 Å².